The lowest BCUT2D eigenvalue weighted by Crippen LogP contribution is -2.41. The van der Waals surface area contributed by atoms with Gasteiger partial charge in [-0.05, 0) is 56.9 Å². The Labute approximate surface area is 301 Å². The van der Waals surface area contributed by atoms with Crippen LogP contribution in [0.2, 0.25) is 0 Å². The number of carboxylic acids is 1. The van der Waals surface area contributed by atoms with Crippen LogP contribution in [0.3, 0.4) is 0 Å². The number of aryl methyl sites for hydroxylation is 5. The van der Waals surface area contributed by atoms with Crippen molar-refractivity contribution in [2.24, 2.45) is 19.8 Å². The fourth-order valence-corrected chi connectivity index (χ4v) is 4.50. The summed E-state index contributed by atoms with van der Waals surface area (Å²) < 4.78 is 3.47. The summed E-state index contributed by atoms with van der Waals surface area (Å²) in [5.74, 6) is -2.03. The van der Waals surface area contributed by atoms with E-state index in [1.165, 1.54) is 31.2 Å². The van der Waals surface area contributed by atoms with Gasteiger partial charge in [-0.15, -0.1) is 10.2 Å². The summed E-state index contributed by atoms with van der Waals surface area (Å²) >= 11 is 0. The minimum absolute atomic E-state index is 0. The summed E-state index contributed by atoms with van der Waals surface area (Å²) in [6.07, 6.45) is 10.8. The van der Waals surface area contributed by atoms with Crippen molar-refractivity contribution in [1.82, 2.24) is 55.2 Å². The van der Waals surface area contributed by atoms with Crippen molar-refractivity contribution >= 4 is 34.6 Å². The summed E-state index contributed by atoms with van der Waals surface area (Å²) in [6, 6.07) is 5.10. The summed E-state index contributed by atoms with van der Waals surface area (Å²) in [7, 11) is 3.77. The van der Waals surface area contributed by atoms with Crippen LogP contribution < -0.4 is 21.9 Å². The normalized spacial score (nSPS) is 10.9. The molecule has 1 atom stereocenters. The molecule has 4 heterocycles. The molecule has 280 valence electrons. The first-order valence-corrected chi connectivity index (χ1v) is 16.5. The molecule has 6 N–H and O–H groups in total. The molecule has 1 aromatic carbocycles. The highest BCUT2D eigenvalue weighted by Gasteiger charge is 2.21. The third-order valence-corrected chi connectivity index (χ3v) is 7.08. The lowest BCUT2D eigenvalue weighted by molar-refractivity contribution is -0.139. The number of carbonyl (C=O) groups excluding carboxylic acids is 2. The molecule has 0 spiro atoms. The molecule has 5 aromatic rings. The van der Waals surface area contributed by atoms with Crippen molar-refractivity contribution in [2.45, 2.75) is 85.7 Å². The van der Waals surface area contributed by atoms with Crippen molar-refractivity contribution in [1.29, 1.82) is 0 Å². The Morgan fingerprint density at radius 1 is 0.942 bits per heavy atom. The number of nitrogens with zero attached hydrogens (tertiary/aromatic N) is 9. The molecule has 18 heteroatoms. The van der Waals surface area contributed by atoms with E-state index in [1.807, 2.05) is 26.5 Å². The zero-order valence-corrected chi connectivity index (χ0v) is 29.5. The van der Waals surface area contributed by atoms with Crippen molar-refractivity contribution in [3.8, 4) is 0 Å². The van der Waals surface area contributed by atoms with E-state index in [9.17, 15) is 24.3 Å². The molecule has 0 radical (unpaired) electrons. The molecule has 0 saturated heterocycles. The predicted molar refractivity (Wildman–Crippen MR) is 195 cm³/mol. The van der Waals surface area contributed by atoms with Gasteiger partial charge in [-0.1, -0.05) is 44.5 Å². The second kappa shape index (κ2) is 21.2. The number of H-pyrrole nitrogens is 1. The van der Waals surface area contributed by atoms with Crippen LogP contribution in [0, 0.1) is 6.92 Å². The number of carbonyl (C=O) groups is 3. The number of amides is 2. The lowest BCUT2D eigenvalue weighted by Gasteiger charge is -2.14. The summed E-state index contributed by atoms with van der Waals surface area (Å²) in [6.45, 7) is 6.24. The number of nitrogens with two attached hydrogens (primary N) is 1. The summed E-state index contributed by atoms with van der Waals surface area (Å²) in [5.41, 5.74) is 8.70. The Kier molecular flexibility index (Phi) is 17.2. The largest absolute Gasteiger partial charge is 0.480 e. The lowest BCUT2D eigenvalue weighted by atomic mass is 10.1. The van der Waals surface area contributed by atoms with Crippen molar-refractivity contribution in [3.63, 3.8) is 0 Å². The smallest absolute Gasteiger partial charge is 0.326 e. The molecule has 0 aliphatic heterocycles. The second-order valence-electron chi connectivity index (χ2n) is 11.6. The van der Waals surface area contributed by atoms with E-state index in [-0.39, 0.29) is 49.1 Å². The summed E-state index contributed by atoms with van der Waals surface area (Å²) in [5, 5.41) is 30.2. The minimum atomic E-state index is -1.25. The summed E-state index contributed by atoms with van der Waals surface area (Å²) in [4.78, 5) is 61.6. The SMILES string of the molecule is C.CCCCc1cn(C)nn1.CCCc1cn(C)nn1.Cc1nc2ncc(CNc3ccc(C(=O)NC(CCC(N)=O)C(=O)O)cc3)nc2c(=O)[nH]1. The van der Waals surface area contributed by atoms with Gasteiger partial charge in [0.15, 0.2) is 11.2 Å². The van der Waals surface area contributed by atoms with Crippen LogP contribution in [0.15, 0.2) is 47.7 Å². The number of hydrogen-bond acceptors (Lipinski definition) is 12. The van der Waals surface area contributed by atoms with Crippen LogP contribution in [0.4, 0.5) is 5.69 Å². The predicted octanol–water partition coefficient (Wildman–Crippen LogP) is 2.64. The molecule has 1 unspecified atom stereocenters. The Morgan fingerprint density at radius 3 is 2.12 bits per heavy atom. The van der Waals surface area contributed by atoms with E-state index in [4.69, 9.17) is 5.73 Å². The highest BCUT2D eigenvalue weighted by atomic mass is 16.4. The Bertz CT molecular complexity index is 1940. The number of primary amides is 1. The number of fused-ring (bicyclic) bond motifs is 1. The van der Waals surface area contributed by atoms with Crippen LogP contribution in [-0.2, 0) is 43.1 Å². The van der Waals surface area contributed by atoms with Gasteiger partial charge in [0.2, 0.25) is 5.91 Å². The van der Waals surface area contributed by atoms with Crippen LogP contribution in [-0.4, -0.2) is 78.9 Å². The monoisotopic (exact) mass is 719 g/mol. The maximum Gasteiger partial charge on any atom is 0.326 e. The zero-order chi connectivity index (χ0) is 37.3. The molecule has 4 aromatic heterocycles. The van der Waals surface area contributed by atoms with Crippen LogP contribution in [0.1, 0.15) is 86.6 Å². The van der Waals surface area contributed by atoms with Crippen molar-refractivity contribution in [2.75, 3.05) is 5.32 Å². The first kappa shape index (κ1) is 42.1. The standard InChI is InChI=1S/C20H21N7O5.C7H13N3.C6H11N3.CH4/c1-10-24-17-16(19(30)25-10)26-13(9-23-17)8-22-12-4-2-11(3-5-12)18(29)27-14(20(31)32)6-7-15(21)28;1-3-4-5-7-6-10(2)9-8-7;1-3-4-6-5-9(2)8-7-6;/h2-5,9,14,22H,6-8H2,1H3,(H2,21,28)(H,27,29)(H,31,32)(H,23,24,25,30);6H,3-5H2,1-2H3;5H,3-4H2,1-2H3;1H4. The molecule has 0 saturated carbocycles. The van der Waals surface area contributed by atoms with Gasteiger partial charge < -0.3 is 26.5 Å². The molecule has 52 heavy (non-hydrogen) atoms. The number of aromatic amines is 1. The number of carboxylic acid groups (broad SMARTS) is 1. The number of aromatic nitrogens is 10. The van der Waals surface area contributed by atoms with E-state index in [2.05, 4.69) is 65.0 Å². The molecule has 18 nitrogen and oxygen atoms in total. The van der Waals surface area contributed by atoms with Crippen molar-refractivity contribution < 1.29 is 19.5 Å². The molecule has 0 aliphatic rings. The van der Waals surface area contributed by atoms with Gasteiger partial charge in [0.1, 0.15) is 11.9 Å². The average Bonchev–Trinajstić information content (AvgIpc) is 3.72. The zero-order valence-electron chi connectivity index (χ0n) is 29.5. The third kappa shape index (κ3) is 14.0. The number of benzene rings is 1. The highest BCUT2D eigenvalue weighted by molar-refractivity contribution is 5.97. The Hall–Kier alpha value is -6.07. The maximum absolute atomic E-state index is 12.3. The molecule has 0 fully saturated rings. The van der Waals surface area contributed by atoms with Crippen LogP contribution in [0.5, 0.6) is 0 Å². The van der Waals surface area contributed by atoms with E-state index in [0.29, 0.717) is 17.2 Å². The van der Waals surface area contributed by atoms with Gasteiger partial charge in [0.05, 0.1) is 29.8 Å². The van der Waals surface area contributed by atoms with Gasteiger partial charge in [-0.3, -0.25) is 23.7 Å². The van der Waals surface area contributed by atoms with Gasteiger partial charge in [0.25, 0.3) is 11.5 Å². The minimum Gasteiger partial charge on any atom is -0.480 e. The molecule has 0 aliphatic carbocycles. The number of rotatable bonds is 14. The Morgan fingerprint density at radius 2 is 1.58 bits per heavy atom. The number of aliphatic carboxylic acids is 1. The van der Waals surface area contributed by atoms with E-state index in [0.717, 1.165) is 30.7 Å². The molecule has 0 bridgehead atoms. The Balaban J connectivity index is 0.000000379. The van der Waals surface area contributed by atoms with Gasteiger partial charge in [-0.25, -0.2) is 19.7 Å². The average molecular weight is 720 g/mol. The van der Waals surface area contributed by atoms with Gasteiger partial charge in [0, 0.05) is 44.2 Å². The van der Waals surface area contributed by atoms with Crippen molar-refractivity contribution in [3.05, 3.63) is 81.7 Å². The number of hydrogen-bond donors (Lipinski definition) is 5. The fourth-order valence-electron chi connectivity index (χ4n) is 4.50. The van der Waals surface area contributed by atoms with Crippen LogP contribution in [0.25, 0.3) is 11.2 Å². The quantitative estimate of drug-likeness (QED) is 0.111. The van der Waals surface area contributed by atoms with Gasteiger partial charge in [-0.2, -0.15) is 0 Å². The first-order chi connectivity index (χ1) is 24.4. The number of anilines is 1. The van der Waals surface area contributed by atoms with E-state index >= 15 is 0 Å². The molecule has 2 amide bonds. The highest BCUT2D eigenvalue weighted by Crippen LogP contribution is 2.12. The molecular weight excluding hydrogens is 670 g/mol. The van der Waals surface area contributed by atoms with E-state index < -0.39 is 23.8 Å². The number of nitrogens with one attached hydrogen (secondary N) is 3. The third-order valence-electron chi connectivity index (χ3n) is 7.08. The molecule has 5 rings (SSSR count). The molecular formula is C34H49N13O5. The number of unbranched alkanes of at least 4 members (excludes halogenated alkanes) is 1. The first-order valence-electron chi connectivity index (χ1n) is 16.5. The fraction of sp³-hybridized carbons (Fsp3) is 0.441. The topological polar surface area (TPSA) is 254 Å². The van der Waals surface area contributed by atoms with Gasteiger partial charge >= 0.3 is 5.97 Å². The maximum atomic E-state index is 12.3. The van der Waals surface area contributed by atoms with E-state index in [1.54, 1.807) is 28.4 Å². The van der Waals surface area contributed by atoms with Crippen LogP contribution >= 0.6 is 0 Å². The second-order valence-corrected chi connectivity index (χ2v) is 11.6.